The fourth-order valence-electron chi connectivity index (χ4n) is 2.07. The number of likely N-dealkylation sites (tertiary alicyclic amines) is 1. The Labute approximate surface area is 113 Å². The Kier molecular flexibility index (Phi) is 5.13. The second-order valence-electron chi connectivity index (χ2n) is 5.41. The van der Waals surface area contributed by atoms with Crippen molar-refractivity contribution in [1.29, 1.82) is 0 Å². The van der Waals surface area contributed by atoms with Gasteiger partial charge in [-0.2, -0.15) is 0 Å². The smallest absolute Gasteiger partial charge is 0.337 e. The van der Waals surface area contributed by atoms with E-state index in [-0.39, 0.29) is 18.6 Å². The van der Waals surface area contributed by atoms with E-state index < -0.39 is 11.6 Å². The first-order valence-corrected chi connectivity index (χ1v) is 6.39. The minimum absolute atomic E-state index is 0.119. The minimum Gasteiger partial charge on any atom is -0.479 e. The summed E-state index contributed by atoms with van der Waals surface area (Å²) in [5, 5.41) is 20.7. The summed E-state index contributed by atoms with van der Waals surface area (Å²) in [6.07, 6.45) is 1.97. The third-order valence-electron chi connectivity index (χ3n) is 3.51. The van der Waals surface area contributed by atoms with Gasteiger partial charge >= 0.3 is 12.0 Å². The molecule has 7 heteroatoms. The van der Waals surface area contributed by atoms with Gasteiger partial charge in [-0.3, -0.25) is 0 Å². The lowest BCUT2D eigenvalue weighted by Gasteiger charge is -2.36. The van der Waals surface area contributed by atoms with E-state index in [2.05, 4.69) is 10.2 Å². The van der Waals surface area contributed by atoms with Gasteiger partial charge in [-0.25, -0.2) is 9.59 Å². The molecule has 0 aromatic carbocycles. The van der Waals surface area contributed by atoms with Gasteiger partial charge in [0.2, 0.25) is 0 Å². The van der Waals surface area contributed by atoms with Crippen molar-refractivity contribution < 1.29 is 19.8 Å². The summed E-state index contributed by atoms with van der Waals surface area (Å²) in [5.41, 5.74) is -1.94. The summed E-state index contributed by atoms with van der Waals surface area (Å²) < 4.78 is 0. The van der Waals surface area contributed by atoms with Gasteiger partial charge < -0.3 is 25.3 Å². The van der Waals surface area contributed by atoms with Gasteiger partial charge in [0.05, 0.1) is 6.54 Å². The molecule has 0 spiro atoms. The van der Waals surface area contributed by atoms with Crippen LogP contribution in [0.25, 0.3) is 0 Å². The normalized spacial score (nSPS) is 23.5. The largest absolute Gasteiger partial charge is 0.479 e. The second-order valence-corrected chi connectivity index (χ2v) is 5.41. The standard InChI is InChI=1S/C12H23N3O4/c1-12(19,10(16)17)8-13-11(18)15(3)9-5-4-6-14(2)7-9/h9,19H,4-8H2,1-3H3,(H,13,18)(H,16,17). The topological polar surface area (TPSA) is 93.1 Å². The lowest BCUT2D eigenvalue weighted by atomic mass is 10.1. The van der Waals surface area contributed by atoms with Crippen LogP contribution in [0.3, 0.4) is 0 Å². The fourth-order valence-corrected chi connectivity index (χ4v) is 2.07. The van der Waals surface area contributed by atoms with E-state index in [9.17, 15) is 14.7 Å². The summed E-state index contributed by atoms with van der Waals surface area (Å²) in [5.74, 6) is -1.35. The maximum Gasteiger partial charge on any atom is 0.337 e. The molecule has 0 bridgehead atoms. The lowest BCUT2D eigenvalue weighted by molar-refractivity contribution is -0.155. The van der Waals surface area contributed by atoms with E-state index in [1.54, 1.807) is 11.9 Å². The van der Waals surface area contributed by atoms with Gasteiger partial charge in [-0.05, 0) is 33.4 Å². The van der Waals surface area contributed by atoms with Crippen LogP contribution in [0.5, 0.6) is 0 Å². The predicted octanol–water partition coefficient (Wildman–Crippen LogP) is -0.442. The lowest BCUT2D eigenvalue weighted by Crippen LogP contribution is -2.54. The highest BCUT2D eigenvalue weighted by Crippen LogP contribution is 2.13. The third-order valence-corrected chi connectivity index (χ3v) is 3.51. The average Bonchev–Trinajstić information content (AvgIpc) is 2.35. The van der Waals surface area contributed by atoms with Crippen LogP contribution < -0.4 is 5.32 Å². The van der Waals surface area contributed by atoms with E-state index in [1.165, 1.54) is 0 Å². The molecule has 0 aromatic heterocycles. The number of rotatable bonds is 4. The predicted molar refractivity (Wildman–Crippen MR) is 69.9 cm³/mol. The molecule has 1 aliphatic heterocycles. The number of carbonyl (C=O) groups is 2. The Morgan fingerprint density at radius 2 is 2.16 bits per heavy atom. The van der Waals surface area contributed by atoms with Crippen LogP contribution >= 0.6 is 0 Å². The number of carboxylic acid groups (broad SMARTS) is 1. The van der Waals surface area contributed by atoms with Crippen LogP contribution in [0.1, 0.15) is 19.8 Å². The number of carboxylic acids is 1. The highest BCUT2D eigenvalue weighted by Gasteiger charge is 2.31. The molecule has 110 valence electrons. The molecule has 1 aliphatic rings. The number of nitrogens with zero attached hydrogens (tertiary/aromatic N) is 2. The van der Waals surface area contributed by atoms with Gasteiger partial charge in [0.15, 0.2) is 5.60 Å². The number of carbonyl (C=O) groups excluding carboxylic acids is 1. The van der Waals surface area contributed by atoms with Crippen molar-refractivity contribution in [2.45, 2.75) is 31.4 Å². The van der Waals surface area contributed by atoms with Crippen LogP contribution in [0, 0.1) is 0 Å². The molecule has 2 amide bonds. The van der Waals surface area contributed by atoms with Crippen molar-refractivity contribution in [2.24, 2.45) is 0 Å². The molecule has 2 unspecified atom stereocenters. The molecule has 1 fully saturated rings. The molecule has 1 saturated heterocycles. The van der Waals surface area contributed by atoms with Gasteiger partial charge in [-0.15, -0.1) is 0 Å². The SMILES string of the molecule is CN1CCCC(N(C)C(=O)NCC(C)(O)C(=O)O)C1. The molecule has 0 radical (unpaired) electrons. The number of piperidine rings is 1. The van der Waals surface area contributed by atoms with Crippen LogP contribution in [-0.2, 0) is 4.79 Å². The first-order valence-electron chi connectivity index (χ1n) is 6.39. The quantitative estimate of drug-likeness (QED) is 0.645. The number of hydrogen-bond donors (Lipinski definition) is 3. The Bertz CT molecular complexity index is 346. The number of likely N-dealkylation sites (N-methyl/N-ethyl adjacent to an activating group) is 2. The van der Waals surface area contributed by atoms with E-state index in [0.717, 1.165) is 32.9 Å². The van der Waals surface area contributed by atoms with Gasteiger partial charge in [0.25, 0.3) is 0 Å². The van der Waals surface area contributed by atoms with Gasteiger partial charge in [-0.1, -0.05) is 0 Å². The number of amides is 2. The summed E-state index contributed by atoms with van der Waals surface area (Å²) in [6.45, 7) is 2.68. The van der Waals surface area contributed by atoms with Crippen molar-refractivity contribution >= 4 is 12.0 Å². The zero-order chi connectivity index (χ0) is 14.6. The van der Waals surface area contributed by atoms with Crippen LogP contribution in [0.15, 0.2) is 0 Å². The monoisotopic (exact) mass is 273 g/mol. The second kappa shape index (κ2) is 6.21. The van der Waals surface area contributed by atoms with Gasteiger partial charge in [0, 0.05) is 19.6 Å². The Hall–Kier alpha value is -1.34. The van der Waals surface area contributed by atoms with E-state index >= 15 is 0 Å². The molecule has 1 heterocycles. The number of aliphatic hydroxyl groups is 1. The fraction of sp³-hybridized carbons (Fsp3) is 0.833. The molecule has 1 rings (SSSR count). The number of urea groups is 1. The van der Waals surface area contributed by atoms with Gasteiger partial charge in [0.1, 0.15) is 0 Å². The van der Waals surface area contributed by atoms with Crippen LogP contribution in [0.4, 0.5) is 4.79 Å². The molecule has 19 heavy (non-hydrogen) atoms. The van der Waals surface area contributed by atoms with Crippen molar-refractivity contribution in [2.75, 3.05) is 33.7 Å². The summed E-state index contributed by atoms with van der Waals surface area (Å²) >= 11 is 0. The Morgan fingerprint density at radius 1 is 1.53 bits per heavy atom. The maximum absolute atomic E-state index is 11.9. The minimum atomic E-state index is -1.94. The number of aliphatic carboxylic acids is 1. The molecule has 2 atom stereocenters. The van der Waals surface area contributed by atoms with Crippen LogP contribution in [-0.4, -0.2) is 77.4 Å². The van der Waals surface area contributed by atoms with E-state index in [4.69, 9.17) is 5.11 Å². The van der Waals surface area contributed by atoms with Crippen molar-refractivity contribution in [3.8, 4) is 0 Å². The van der Waals surface area contributed by atoms with Crippen molar-refractivity contribution in [3.05, 3.63) is 0 Å². The molecule has 0 aromatic rings. The number of nitrogens with one attached hydrogen (secondary N) is 1. The Morgan fingerprint density at radius 3 is 2.68 bits per heavy atom. The third kappa shape index (κ3) is 4.36. The van der Waals surface area contributed by atoms with Crippen molar-refractivity contribution in [3.63, 3.8) is 0 Å². The first kappa shape index (κ1) is 15.7. The molecule has 3 N–H and O–H groups in total. The molecule has 0 aliphatic carbocycles. The zero-order valence-electron chi connectivity index (χ0n) is 11.7. The maximum atomic E-state index is 11.9. The first-order chi connectivity index (χ1) is 8.74. The average molecular weight is 273 g/mol. The summed E-state index contributed by atoms with van der Waals surface area (Å²) in [4.78, 5) is 26.4. The zero-order valence-corrected chi connectivity index (χ0v) is 11.7. The van der Waals surface area contributed by atoms with E-state index in [1.807, 2.05) is 7.05 Å². The summed E-state index contributed by atoms with van der Waals surface area (Å²) in [6, 6.07) is -0.240. The highest BCUT2D eigenvalue weighted by atomic mass is 16.4. The van der Waals surface area contributed by atoms with Crippen LogP contribution in [0.2, 0.25) is 0 Å². The molecular weight excluding hydrogens is 250 g/mol. The molecular formula is C12H23N3O4. The summed E-state index contributed by atoms with van der Waals surface area (Å²) in [7, 11) is 3.70. The molecule has 0 saturated carbocycles. The molecule has 7 nitrogen and oxygen atoms in total. The number of hydrogen-bond acceptors (Lipinski definition) is 4. The highest BCUT2D eigenvalue weighted by molar-refractivity contribution is 5.79. The van der Waals surface area contributed by atoms with Crippen molar-refractivity contribution in [1.82, 2.24) is 15.1 Å². The Balaban J connectivity index is 2.46. The van der Waals surface area contributed by atoms with E-state index in [0.29, 0.717) is 0 Å².